The van der Waals surface area contributed by atoms with Gasteiger partial charge >= 0.3 is 0 Å². The highest BCUT2D eigenvalue weighted by Gasteiger charge is 2.15. The summed E-state index contributed by atoms with van der Waals surface area (Å²) in [6, 6.07) is 8.03. The molecular weight excluding hydrogens is 359 g/mol. The van der Waals surface area contributed by atoms with Crippen LogP contribution in [0.15, 0.2) is 35.4 Å². The van der Waals surface area contributed by atoms with Gasteiger partial charge in [-0.15, -0.1) is 24.2 Å². The fourth-order valence-corrected chi connectivity index (χ4v) is 4.06. The van der Waals surface area contributed by atoms with Crippen molar-refractivity contribution in [1.82, 2.24) is 10.3 Å². The van der Waals surface area contributed by atoms with Crippen LogP contribution in [0.5, 0.6) is 0 Å². The second kappa shape index (κ2) is 8.42. The summed E-state index contributed by atoms with van der Waals surface area (Å²) in [5.74, 6) is 0.855. The number of pyridine rings is 1. The maximum atomic E-state index is 6.43. The second-order valence-corrected chi connectivity index (χ2v) is 6.82. The van der Waals surface area contributed by atoms with Crippen LogP contribution in [0.2, 0.25) is 10.2 Å². The van der Waals surface area contributed by atoms with Crippen LogP contribution < -0.4 is 5.32 Å². The Kier molecular flexibility index (Phi) is 6.85. The van der Waals surface area contributed by atoms with Gasteiger partial charge in [0.2, 0.25) is 0 Å². The maximum absolute atomic E-state index is 6.43. The van der Waals surface area contributed by atoms with Crippen LogP contribution in [-0.4, -0.2) is 18.1 Å². The lowest BCUT2D eigenvalue weighted by atomic mass is 10.0. The van der Waals surface area contributed by atoms with E-state index in [9.17, 15) is 0 Å². The van der Waals surface area contributed by atoms with Crippen molar-refractivity contribution in [2.45, 2.75) is 23.5 Å². The van der Waals surface area contributed by atoms with E-state index in [2.05, 4.69) is 16.4 Å². The average molecular weight is 376 g/mol. The molecule has 0 atom stereocenters. The Bertz CT molecular complexity index is 632. The summed E-state index contributed by atoms with van der Waals surface area (Å²) in [7, 11) is 0. The van der Waals surface area contributed by atoms with Gasteiger partial charge in [-0.05, 0) is 54.8 Å². The standard InChI is InChI=1S/C16H16Cl2N2S.ClH/c17-14-3-2-12-5-7-19-8-6-13(12)16(14)21-10-11-1-4-15(18)20-9-11;/h1-4,9,19H,5-8,10H2;1H. The average Bonchev–Trinajstić information content (AvgIpc) is 2.73. The van der Waals surface area contributed by atoms with E-state index in [4.69, 9.17) is 23.2 Å². The molecule has 1 aromatic heterocycles. The van der Waals surface area contributed by atoms with Crippen molar-refractivity contribution in [1.29, 1.82) is 0 Å². The minimum Gasteiger partial charge on any atom is -0.316 e. The Balaban J connectivity index is 0.00000176. The lowest BCUT2D eigenvalue weighted by molar-refractivity contribution is 0.709. The van der Waals surface area contributed by atoms with E-state index in [-0.39, 0.29) is 12.4 Å². The largest absolute Gasteiger partial charge is 0.316 e. The molecule has 6 heteroatoms. The van der Waals surface area contributed by atoms with Gasteiger partial charge in [-0.3, -0.25) is 0 Å². The van der Waals surface area contributed by atoms with Crippen molar-refractivity contribution in [3.63, 3.8) is 0 Å². The highest BCUT2D eigenvalue weighted by molar-refractivity contribution is 7.98. The Morgan fingerprint density at radius 3 is 2.68 bits per heavy atom. The van der Waals surface area contributed by atoms with E-state index >= 15 is 0 Å². The Labute approximate surface area is 151 Å². The smallest absolute Gasteiger partial charge is 0.129 e. The summed E-state index contributed by atoms with van der Waals surface area (Å²) in [6.45, 7) is 2.06. The predicted molar refractivity (Wildman–Crippen MR) is 97.8 cm³/mol. The third kappa shape index (κ3) is 4.30. The summed E-state index contributed by atoms with van der Waals surface area (Å²) in [5, 5.41) is 4.82. The molecule has 1 aliphatic rings. The van der Waals surface area contributed by atoms with Crippen molar-refractivity contribution >= 4 is 47.4 Å². The van der Waals surface area contributed by atoms with Gasteiger partial charge in [-0.25, -0.2) is 4.98 Å². The van der Waals surface area contributed by atoms with Gasteiger partial charge in [0.15, 0.2) is 0 Å². The molecule has 0 spiro atoms. The van der Waals surface area contributed by atoms with Crippen molar-refractivity contribution in [2.75, 3.05) is 13.1 Å². The number of halogens is 3. The Morgan fingerprint density at radius 1 is 1.09 bits per heavy atom. The van der Waals surface area contributed by atoms with Crippen molar-refractivity contribution in [2.24, 2.45) is 0 Å². The summed E-state index contributed by atoms with van der Waals surface area (Å²) >= 11 is 14.0. The summed E-state index contributed by atoms with van der Waals surface area (Å²) in [6.07, 6.45) is 3.94. The first-order valence-corrected chi connectivity index (χ1v) is 8.72. The van der Waals surface area contributed by atoms with Gasteiger partial charge in [-0.2, -0.15) is 0 Å². The molecule has 3 rings (SSSR count). The third-order valence-corrected chi connectivity index (χ3v) is 5.49. The third-order valence-electron chi connectivity index (χ3n) is 3.60. The molecule has 2 aromatic rings. The first kappa shape index (κ1) is 17.9. The van der Waals surface area contributed by atoms with Crippen molar-refractivity contribution in [3.8, 4) is 0 Å². The molecule has 0 saturated heterocycles. The summed E-state index contributed by atoms with van der Waals surface area (Å²) in [5.41, 5.74) is 3.98. The van der Waals surface area contributed by atoms with Gasteiger partial charge in [0, 0.05) is 16.8 Å². The van der Waals surface area contributed by atoms with Gasteiger partial charge in [-0.1, -0.05) is 35.3 Å². The van der Waals surface area contributed by atoms with E-state index in [0.717, 1.165) is 42.3 Å². The Hall–Kier alpha value is -0.450. The molecule has 1 aromatic carbocycles. The monoisotopic (exact) mass is 374 g/mol. The van der Waals surface area contributed by atoms with Gasteiger partial charge < -0.3 is 5.32 Å². The first-order valence-electron chi connectivity index (χ1n) is 6.98. The number of benzene rings is 1. The number of aromatic nitrogens is 1. The molecule has 2 nitrogen and oxygen atoms in total. The van der Waals surface area contributed by atoms with Crippen molar-refractivity contribution < 1.29 is 0 Å². The van der Waals surface area contributed by atoms with Crippen LogP contribution in [0, 0.1) is 0 Å². The molecule has 0 bridgehead atoms. The number of hydrogen-bond donors (Lipinski definition) is 1. The van der Waals surface area contributed by atoms with Crippen LogP contribution in [0.4, 0.5) is 0 Å². The van der Waals surface area contributed by atoms with Gasteiger partial charge in [0.05, 0.1) is 5.02 Å². The minimum atomic E-state index is 0. The van der Waals surface area contributed by atoms with Crippen LogP contribution >= 0.6 is 47.4 Å². The minimum absolute atomic E-state index is 0. The highest BCUT2D eigenvalue weighted by atomic mass is 35.5. The first-order chi connectivity index (χ1) is 10.2. The molecule has 0 fully saturated rings. The maximum Gasteiger partial charge on any atom is 0.129 e. The molecule has 2 heterocycles. The van der Waals surface area contributed by atoms with E-state index < -0.39 is 0 Å². The molecule has 118 valence electrons. The summed E-state index contributed by atoms with van der Waals surface area (Å²) < 4.78 is 0. The lowest BCUT2D eigenvalue weighted by Crippen LogP contribution is -2.16. The van der Waals surface area contributed by atoms with Crippen LogP contribution in [0.25, 0.3) is 0 Å². The van der Waals surface area contributed by atoms with E-state index in [1.807, 2.05) is 24.4 Å². The molecule has 1 N–H and O–H groups in total. The number of nitrogens with zero attached hydrogens (tertiary/aromatic N) is 1. The molecular formula is C16H17Cl3N2S. The van der Waals surface area contributed by atoms with E-state index in [0.29, 0.717) is 5.15 Å². The fourth-order valence-electron chi connectivity index (χ4n) is 2.51. The molecule has 0 unspecified atom stereocenters. The predicted octanol–water partition coefficient (Wildman–Crippen LogP) is 4.79. The van der Waals surface area contributed by atoms with Gasteiger partial charge in [0.1, 0.15) is 5.15 Å². The second-order valence-electron chi connectivity index (χ2n) is 5.04. The zero-order valence-corrected chi connectivity index (χ0v) is 15.1. The Morgan fingerprint density at radius 2 is 1.91 bits per heavy atom. The fraction of sp³-hybridized carbons (Fsp3) is 0.312. The topological polar surface area (TPSA) is 24.9 Å². The molecule has 0 radical (unpaired) electrons. The molecule has 22 heavy (non-hydrogen) atoms. The van der Waals surface area contributed by atoms with Gasteiger partial charge in [0.25, 0.3) is 0 Å². The number of rotatable bonds is 3. The molecule has 1 aliphatic heterocycles. The molecule has 0 amide bonds. The number of hydrogen-bond acceptors (Lipinski definition) is 3. The molecule has 0 saturated carbocycles. The number of thioether (sulfide) groups is 1. The zero-order valence-electron chi connectivity index (χ0n) is 11.9. The van der Waals surface area contributed by atoms with E-state index in [1.165, 1.54) is 16.0 Å². The quantitative estimate of drug-likeness (QED) is 0.616. The number of fused-ring (bicyclic) bond motifs is 1. The van der Waals surface area contributed by atoms with Crippen LogP contribution in [0.1, 0.15) is 16.7 Å². The van der Waals surface area contributed by atoms with Crippen molar-refractivity contribution in [3.05, 3.63) is 57.3 Å². The summed E-state index contributed by atoms with van der Waals surface area (Å²) in [4.78, 5) is 5.34. The lowest BCUT2D eigenvalue weighted by Gasteiger charge is -2.13. The van der Waals surface area contributed by atoms with E-state index in [1.54, 1.807) is 11.8 Å². The zero-order chi connectivity index (χ0) is 14.7. The van der Waals surface area contributed by atoms with Crippen LogP contribution in [0.3, 0.4) is 0 Å². The normalized spacial score (nSPS) is 13.9. The highest BCUT2D eigenvalue weighted by Crippen LogP contribution is 2.35. The number of nitrogens with one attached hydrogen (secondary N) is 1. The SMILES string of the molecule is Cl.Clc1ccc(CSc2c(Cl)ccc3c2CCNCC3)cn1. The van der Waals surface area contributed by atoms with Crippen LogP contribution in [-0.2, 0) is 18.6 Å². The molecule has 0 aliphatic carbocycles.